The van der Waals surface area contributed by atoms with E-state index in [1.165, 1.54) is 0 Å². The van der Waals surface area contributed by atoms with Crippen molar-refractivity contribution in [1.82, 2.24) is 0 Å². The lowest BCUT2D eigenvalue weighted by Gasteiger charge is -2.03. The molecule has 1 rings (SSSR count). The van der Waals surface area contributed by atoms with Crippen molar-refractivity contribution < 1.29 is 0 Å². The summed E-state index contributed by atoms with van der Waals surface area (Å²) in [6.45, 7) is 0. The van der Waals surface area contributed by atoms with Crippen molar-refractivity contribution in [2.45, 2.75) is 0 Å². The van der Waals surface area contributed by atoms with Crippen LogP contribution in [-0.2, 0) is 0 Å². The number of hydrogen-bond donors (Lipinski definition) is 2. The maximum Gasteiger partial charge on any atom is 0.191 e. The van der Waals surface area contributed by atoms with Crippen molar-refractivity contribution in [2.75, 3.05) is 0 Å². The Hall–Kier alpha value is -0.0700. The Kier molecular flexibility index (Phi) is 3.75. The van der Waals surface area contributed by atoms with Gasteiger partial charge in [0.2, 0.25) is 0 Å². The van der Waals surface area contributed by atoms with Gasteiger partial charge in [0.25, 0.3) is 0 Å². The van der Waals surface area contributed by atoms with Crippen LogP contribution in [0.4, 0.5) is 5.69 Å². The van der Waals surface area contributed by atoms with E-state index in [0.717, 1.165) is 13.4 Å². The van der Waals surface area contributed by atoms with Crippen molar-refractivity contribution in [3.63, 3.8) is 0 Å². The molecule has 0 atom stereocenters. The Bertz CT molecular complexity index is 335. The van der Waals surface area contributed by atoms with Gasteiger partial charge >= 0.3 is 0 Å². The van der Waals surface area contributed by atoms with Crippen molar-refractivity contribution in [3.05, 3.63) is 25.6 Å². The molecule has 0 fully saturated rings. The van der Waals surface area contributed by atoms with E-state index < -0.39 is 0 Å². The van der Waals surface area contributed by atoms with E-state index in [1.54, 1.807) is 0 Å². The van der Waals surface area contributed by atoms with Crippen molar-refractivity contribution in [1.29, 1.82) is 0 Å². The maximum absolute atomic E-state index is 5.27. The normalized spacial score (nSPS) is 9.77. The zero-order valence-electron chi connectivity index (χ0n) is 6.39. The van der Waals surface area contributed by atoms with E-state index in [2.05, 4.69) is 52.8 Å². The van der Waals surface area contributed by atoms with E-state index in [9.17, 15) is 0 Å². The van der Waals surface area contributed by atoms with Crippen LogP contribution in [0.25, 0.3) is 0 Å². The van der Waals surface area contributed by atoms with E-state index in [-0.39, 0.29) is 5.96 Å². The molecule has 1 aromatic carbocycles. The Morgan fingerprint density at radius 1 is 1.08 bits per heavy atom. The molecule has 0 unspecified atom stereocenters. The Morgan fingerprint density at radius 2 is 1.54 bits per heavy atom. The summed E-state index contributed by atoms with van der Waals surface area (Å²) in [5.41, 5.74) is 11.2. The van der Waals surface area contributed by atoms with Crippen molar-refractivity contribution >= 4 is 59.4 Å². The summed E-state index contributed by atoms with van der Waals surface area (Å²) >= 11 is 10.0. The van der Waals surface area contributed by atoms with Crippen molar-refractivity contribution in [2.24, 2.45) is 16.5 Å². The van der Waals surface area contributed by atoms with Crippen LogP contribution < -0.4 is 11.5 Å². The molecular formula is C7H6Br3N3. The molecule has 70 valence electrons. The minimum atomic E-state index is 0.0312. The zero-order chi connectivity index (χ0) is 10.0. The second kappa shape index (κ2) is 4.43. The molecular weight excluding hydrogens is 366 g/mol. The monoisotopic (exact) mass is 369 g/mol. The summed E-state index contributed by atoms with van der Waals surface area (Å²) in [6.07, 6.45) is 0. The third-order valence-corrected chi connectivity index (χ3v) is 2.89. The SMILES string of the molecule is NC(N)=Nc1c(Br)cc(Br)cc1Br. The molecule has 0 aromatic heterocycles. The van der Waals surface area contributed by atoms with Gasteiger partial charge in [0.1, 0.15) is 0 Å². The second-order valence-corrected chi connectivity index (χ2v) is 4.88. The second-order valence-electron chi connectivity index (χ2n) is 2.25. The van der Waals surface area contributed by atoms with E-state index in [4.69, 9.17) is 11.5 Å². The van der Waals surface area contributed by atoms with Crippen LogP contribution in [0.5, 0.6) is 0 Å². The highest BCUT2D eigenvalue weighted by Crippen LogP contribution is 2.36. The van der Waals surface area contributed by atoms with Crippen molar-refractivity contribution in [3.8, 4) is 0 Å². The molecule has 1 aromatic rings. The van der Waals surface area contributed by atoms with Gasteiger partial charge in [-0.3, -0.25) is 0 Å². The van der Waals surface area contributed by atoms with Gasteiger partial charge in [0.05, 0.1) is 5.69 Å². The molecule has 4 N–H and O–H groups in total. The van der Waals surface area contributed by atoms with Gasteiger partial charge in [0, 0.05) is 13.4 Å². The molecule has 0 aliphatic carbocycles. The van der Waals surface area contributed by atoms with Crippen LogP contribution in [0.1, 0.15) is 0 Å². The fourth-order valence-corrected chi connectivity index (χ4v) is 3.21. The topological polar surface area (TPSA) is 64.4 Å². The lowest BCUT2D eigenvalue weighted by Crippen LogP contribution is -2.22. The van der Waals surface area contributed by atoms with Gasteiger partial charge < -0.3 is 11.5 Å². The number of aliphatic imine (C=N–C) groups is 1. The largest absolute Gasteiger partial charge is 0.370 e. The molecule has 0 spiro atoms. The van der Waals surface area contributed by atoms with Crippen LogP contribution in [0.3, 0.4) is 0 Å². The average molecular weight is 372 g/mol. The van der Waals surface area contributed by atoms with E-state index in [0.29, 0.717) is 5.69 Å². The maximum atomic E-state index is 5.27. The molecule has 0 amide bonds. The van der Waals surface area contributed by atoms with Gasteiger partial charge in [-0.15, -0.1) is 0 Å². The number of halogens is 3. The fraction of sp³-hybridized carbons (Fsp3) is 0. The lowest BCUT2D eigenvalue weighted by atomic mass is 10.3. The molecule has 3 nitrogen and oxygen atoms in total. The zero-order valence-corrected chi connectivity index (χ0v) is 11.1. The summed E-state index contributed by atoms with van der Waals surface area (Å²) in [7, 11) is 0. The number of guanidine groups is 1. The molecule has 0 saturated heterocycles. The minimum Gasteiger partial charge on any atom is -0.370 e. The van der Waals surface area contributed by atoms with Gasteiger partial charge in [-0.2, -0.15) is 0 Å². The van der Waals surface area contributed by atoms with Gasteiger partial charge in [-0.05, 0) is 44.0 Å². The Labute approximate surface area is 101 Å². The predicted molar refractivity (Wildman–Crippen MR) is 65.0 cm³/mol. The first-order valence-electron chi connectivity index (χ1n) is 3.25. The third kappa shape index (κ3) is 2.96. The molecule has 0 aliphatic heterocycles. The number of benzene rings is 1. The smallest absolute Gasteiger partial charge is 0.191 e. The van der Waals surface area contributed by atoms with Gasteiger partial charge in [0.15, 0.2) is 5.96 Å². The van der Waals surface area contributed by atoms with E-state index >= 15 is 0 Å². The van der Waals surface area contributed by atoms with Gasteiger partial charge in [-0.25, -0.2) is 4.99 Å². The standard InChI is InChI=1S/C7H6Br3N3/c8-3-1-4(9)6(5(10)2-3)13-7(11)12/h1-2H,(H4,11,12,13). The number of nitrogens with two attached hydrogens (primary N) is 2. The third-order valence-electron chi connectivity index (χ3n) is 1.22. The van der Waals surface area contributed by atoms with Crippen LogP contribution >= 0.6 is 47.8 Å². The highest BCUT2D eigenvalue weighted by atomic mass is 79.9. The first-order valence-corrected chi connectivity index (χ1v) is 5.63. The fourth-order valence-electron chi connectivity index (χ4n) is 0.770. The first-order chi connectivity index (χ1) is 6.00. The van der Waals surface area contributed by atoms with E-state index in [1.807, 2.05) is 12.1 Å². The Balaban J connectivity index is 3.29. The number of nitrogens with zero attached hydrogens (tertiary/aromatic N) is 1. The predicted octanol–water partition coefficient (Wildman–Crippen LogP) is 2.88. The molecule has 0 aliphatic rings. The summed E-state index contributed by atoms with van der Waals surface area (Å²) in [5.74, 6) is 0.0312. The molecule has 6 heteroatoms. The lowest BCUT2D eigenvalue weighted by molar-refractivity contribution is 1.38. The highest BCUT2D eigenvalue weighted by Gasteiger charge is 2.05. The summed E-state index contributed by atoms with van der Waals surface area (Å²) in [4.78, 5) is 3.96. The molecule has 0 radical (unpaired) electrons. The van der Waals surface area contributed by atoms with Crippen LogP contribution in [0.2, 0.25) is 0 Å². The summed E-state index contributed by atoms with van der Waals surface area (Å²) in [5, 5.41) is 0. The minimum absolute atomic E-state index is 0.0312. The van der Waals surface area contributed by atoms with Crippen LogP contribution in [0.15, 0.2) is 30.5 Å². The number of rotatable bonds is 1. The quantitative estimate of drug-likeness (QED) is 0.589. The summed E-state index contributed by atoms with van der Waals surface area (Å²) < 4.78 is 2.59. The highest BCUT2D eigenvalue weighted by molar-refractivity contribution is 9.11. The molecule has 0 heterocycles. The van der Waals surface area contributed by atoms with Crippen LogP contribution in [0, 0.1) is 0 Å². The molecule has 0 saturated carbocycles. The molecule has 13 heavy (non-hydrogen) atoms. The average Bonchev–Trinajstić information content (AvgIpc) is 1.96. The Morgan fingerprint density at radius 3 is 1.92 bits per heavy atom. The molecule has 0 bridgehead atoms. The number of hydrogen-bond acceptors (Lipinski definition) is 1. The van der Waals surface area contributed by atoms with Crippen LogP contribution in [-0.4, -0.2) is 5.96 Å². The van der Waals surface area contributed by atoms with Gasteiger partial charge in [-0.1, -0.05) is 15.9 Å². The summed E-state index contributed by atoms with van der Waals surface area (Å²) in [6, 6.07) is 3.74. The first kappa shape index (κ1) is 11.0.